The van der Waals surface area contributed by atoms with Crippen LogP contribution >= 0.6 is 11.3 Å². The first kappa shape index (κ1) is 15.1. The van der Waals surface area contributed by atoms with Gasteiger partial charge in [0.05, 0.1) is 19.3 Å². The van der Waals surface area contributed by atoms with Crippen molar-refractivity contribution in [2.45, 2.75) is 39.8 Å². The first-order valence-electron chi connectivity index (χ1n) is 7.16. The van der Waals surface area contributed by atoms with E-state index in [9.17, 15) is 0 Å². The lowest BCUT2D eigenvalue weighted by Gasteiger charge is -2.20. The lowest BCUT2D eigenvalue weighted by Crippen LogP contribution is -2.25. The standard InChI is InChI=1S/C15H23N3OS/c1-5-11-8-9-20-15(11)13(16-6-2)14-12(19-4)10-17-18(14)7-3/h8-10,13,16H,5-7H2,1-4H3. The SMILES string of the molecule is CCNC(c1sccc1CC)c1c(OC)cnn1CC. The molecule has 4 nitrogen and oxygen atoms in total. The van der Waals surface area contributed by atoms with Gasteiger partial charge in [0.25, 0.3) is 0 Å². The maximum Gasteiger partial charge on any atom is 0.161 e. The van der Waals surface area contributed by atoms with Crippen LogP contribution in [0.2, 0.25) is 0 Å². The van der Waals surface area contributed by atoms with Crippen molar-refractivity contribution < 1.29 is 4.74 Å². The van der Waals surface area contributed by atoms with Crippen molar-refractivity contribution in [3.05, 3.63) is 33.8 Å². The van der Waals surface area contributed by atoms with E-state index >= 15 is 0 Å². The molecule has 0 aliphatic heterocycles. The second-order valence-electron chi connectivity index (χ2n) is 4.57. The number of nitrogens with zero attached hydrogens (tertiary/aromatic N) is 2. The van der Waals surface area contributed by atoms with Crippen molar-refractivity contribution in [2.75, 3.05) is 13.7 Å². The molecular formula is C15H23N3OS. The fraction of sp³-hybridized carbons (Fsp3) is 0.533. The molecule has 5 heteroatoms. The Balaban J connectivity index is 2.50. The maximum absolute atomic E-state index is 5.51. The molecule has 0 fully saturated rings. The van der Waals surface area contributed by atoms with Crippen LogP contribution < -0.4 is 10.1 Å². The van der Waals surface area contributed by atoms with E-state index in [1.165, 1.54) is 10.4 Å². The number of ether oxygens (including phenoxy) is 1. The number of aromatic nitrogens is 2. The summed E-state index contributed by atoms with van der Waals surface area (Å²) in [6.45, 7) is 8.18. The molecule has 0 amide bonds. The van der Waals surface area contributed by atoms with Crippen LogP contribution in [0, 0.1) is 0 Å². The zero-order valence-corrected chi connectivity index (χ0v) is 13.5. The summed E-state index contributed by atoms with van der Waals surface area (Å²) in [6.07, 6.45) is 2.85. The molecule has 0 saturated heterocycles. The molecule has 2 aromatic rings. The molecule has 0 aromatic carbocycles. The van der Waals surface area contributed by atoms with Gasteiger partial charge in [-0.2, -0.15) is 5.10 Å². The van der Waals surface area contributed by atoms with Crippen LogP contribution in [0.4, 0.5) is 0 Å². The first-order valence-corrected chi connectivity index (χ1v) is 8.04. The van der Waals surface area contributed by atoms with Crippen LogP contribution in [0.25, 0.3) is 0 Å². The van der Waals surface area contributed by atoms with Gasteiger partial charge in [-0.05, 0) is 36.9 Å². The van der Waals surface area contributed by atoms with E-state index in [1.54, 1.807) is 18.4 Å². The average molecular weight is 293 g/mol. The molecule has 2 rings (SSSR count). The Morgan fingerprint density at radius 2 is 2.20 bits per heavy atom. The van der Waals surface area contributed by atoms with Crippen LogP contribution in [0.1, 0.15) is 42.9 Å². The van der Waals surface area contributed by atoms with Gasteiger partial charge in [0, 0.05) is 11.4 Å². The molecule has 2 aromatic heterocycles. The highest BCUT2D eigenvalue weighted by Gasteiger charge is 2.25. The largest absolute Gasteiger partial charge is 0.493 e. The smallest absolute Gasteiger partial charge is 0.161 e. The van der Waals surface area contributed by atoms with Crippen molar-refractivity contribution >= 4 is 11.3 Å². The monoisotopic (exact) mass is 293 g/mol. The molecule has 20 heavy (non-hydrogen) atoms. The van der Waals surface area contributed by atoms with E-state index < -0.39 is 0 Å². The Hall–Kier alpha value is -1.33. The number of rotatable bonds is 7. The summed E-state index contributed by atoms with van der Waals surface area (Å²) in [5.41, 5.74) is 2.51. The number of hydrogen-bond donors (Lipinski definition) is 1. The van der Waals surface area contributed by atoms with Gasteiger partial charge in [0.1, 0.15) is 5.69 Å². The van der Waals surface area contributed by atoms with Gasteiger partial charge < -0.3 is 10.1 Å². The molecule has 0 aliphatic carbocycles. The molecular weight excluding hydrogens is 270 g/mol. The van der Waals surface area contributed by atoms with Crippen LogP contribution in [0.5, 0.6) is 5.75 Å². The Morgan fingerprint density at radius 3 is 2.80 bits per heavy atom. The minimum absolute atomic E-state index is 0.146. The van der Waals surface area contributed by atoms with Crippen molar-refractivity contribution in [1.82, 2.24) is 15.1 Å². The van der Waals surface area contributed by atoms with E-state index in [-0.39, 0.29) is 6.04 Å². The van der Waals surface area contributed by atoms with Gasteiger partial charge in [-0.15, -0.1) is 11.3 Å². The van der Waals surface area contributed by atoms with Crippen molar-refractivity contribution in [3.8, 4) is 5.75 Å². The van der Waals surface area contributed by atoms with Gasteiger partial charge in [0.2, 0.25) is 0 Å². The minimum Gasteiger partial charge on any atom is -0.493 e. The van der Waals surface area contributed by atoms with Crippen molar-refractivity contribution in [2.24, 2.45) is 0 Å². The molecule has 1 N–H and O–H groups in total. The average Bonchev–Trinajstić information content (AvgIpc) is 3.10. The second-order valence-corrected chi connectivity index (χ2v) is 5.52. The highest BCUT2D eigenvalue weighted by atomic mass is 32.1. The Labute approximate surface area is 124 Å². The quantitative estimate of drug-likeness (QED) is 0.852. The van der Waals surface area contributed by atoms with E-state index in [1.807, 2.05) is 10.9 Å². The number of aryl methyl sites for hydroxylation is 2. The number of thiophene rings is 1. The van der Waals surface area contributed by atoms with E-state index in [4.69, 9.17) is 4.74 Å². The van der Waals surface area contributed by atoms with Crippen LogP contribution in [-0.2, 0) is 13.0 Å². The Kier molecular flexibility index (Phi) is 5.20. The predicted octanol–water partition coefficient (Wildman–Crippen LogP) is 3.23. The highest BCUT2D eigenvalue weighted by Crippen LogP contribution is 2.34. The topological polar surface area (TPSA) is 39.1 Å². The Bertz CT molecular complexity index is 526. The molecule has 110 valence electrons. The number of hydrogen-bond acceptors (Lipinski definition) is 4. The first-order chi connectivity index (χ1) is 9.76. The van der Waals surface area contributed by atoms with Crippen molar-refractivity contribution in [1.29, 1.82) is 0 Å². The summed E-state index contributed by atoms with van der Waals surface area (Å²) in [6, 6.07) is 2.36. The lowest BCUT2D eigenvalue weighted by atomic mass is 10.1. The van der Waals surface area contributed by atoms with Crippen LogP contribution in [-0.4, -0.2) is 23.4 Å². The lowest BCUT2D eigenvalue weighted by molar-refractivity contribution is 0.400. The normalized spacial score (nSPS) is 12.6. The summed E-state index contributed by atoms with van der Waals surface area (Å²) in [4.78, 5) is 1.36. The second kappa shape index (κ2) is 6.90. The Morgan fingerprint density at radius 1 is 1.40 bits per heavy atom. The maximum atomic E-state index is 5.51. The van der Waals surface area contributed by atoms with E-state index in [0.717, 1.165) is 31.0 Å². The third kappa shape index (κ3) is 2.74. The minimum atomic E-state index is 0.146. The van der Waals surface area contributed by atoms with E-state index in [2.05, 4.69) is 42.6 Å². The summed E-state index contributed by atoms with van der Waals surface area (Å²) < 4.78 is 7.53. The van der Waals surface area contributed by atoms with Crippen molar-refractivity contribution in [3.63, 3.8) is 0 Å². The van der Waals surface area contributed by atoms with Crippen LogP contribution in [0.3, 0.4) is 0 Å². The summed E-state index contributed by atoms with van der Waals surface area (Å²) >= 11 is 1.80. The molecule has 0 saturated carbocycles. The van der Waals surface area contributed by atoms with Crippen LogP contribution in [0.15, 0.2) is 17.6 Å². The fourth-order valence-electron chi connectivity index (χ4n) is 2.49. The number of nitrogens with one attached hydrogen (secondary N) is 1. The molecule has 0 spiro atoms. The third-order valence-corrected chi connectivity index (χ3v) is 4.49. The molecule has 2 heterocycles. The van der Waals surface area contributed by atoms with Gasteiger partial charge in [-0.25, -0.2) is 0 Å². The highest BCUT2D eigenvalue weighted by molar-refractivity contribution is 7.10. The fourth-order valence-corrected chi connectivity index (χ4v) is 3.56. The van der Waals surface area contributed by atoms with Gasteiger partial charge in [-0.1, -0.05) is 13.8 Å². The molecule has 0 radical (unpaired) electrons. The molecule has 0 aliphatic rings. The zero-order chi connectivity index (χ0) is 14.5. The summed E-state index contributed by atoms with van der Waals surface area (Å²) in [5.74, 6) is 0.855. The molecule has 1 atom stereocenters. The third-order valence-electron chi connectivity index (χ3n) is 3.47. The van der Waals surface area contributed by atoms with Gasteiger partial charge in [-0.3, -0.25) is 4.68 Å². The molecule has 0 bridgehead atoms. The summed E-state index contributed by atoms with van der Waals surface area (Å²) in [5, 5.41) is 10.2. The van der Waals surface area contributed by atoms with E-state index in [0.29, 0.717) is 0 Å². The number of methoxy groups -OCH3 is 1. The molecule has 1 unspecified atom stereocenters. The van der Waals surface area contributed by atoms with Gasteiger partial charge in [0.15, 0.2) is 5.75 Å². The van der Waals surface area contributed by atoms with Gasteiger partial charge >= 0.3 is 0 Å². The zero-order valence-electron chi connectivity index (χ0n) is 12.6. The summed E-state index contributed by atoms with van der Waals surface area (Å²) in [7, 11) is 1.71. The predicted molar refractivity (Wildman–Crippen MR) is 83.7 cm³/mol.